The summed E-state index contributed by atoms with van der Waals surface area (Å²) >= 11 is 0. The van der Waals surface area contributed by atoms with Gasteiger partial charge in [0.15, 0.2) is 0 Å². The minimum Gasteiger partial charge on any atom is -0.373 e. The molecule has 1 atom stereocenters. The number of ether oxygens (including phenoxy) is 1. The van der Waals surface area contributed by atoms with Crippen LogP contribution in [0, 0.1) is 16.7 Å². The smallest absolute Gasteiger partial charge is 0.0825 e. The van der Waals surface area contributed by atoms with E-state index < -0.39 is 0 Å². The molecule has 54 valence electrons. The van der Waals surface area contributed by atoms with E-state index in [2.05, 4.69) is 6.07 Å². The summed E-state index contributed by atoms with van der Waals surface area (Å²) in [6.45, 7) is 0.892. The van der Waals surface area contributed by atoms with Crippen LogP contribution in [-0.2, 0) is 4.74 Å². The Hall–Kier alpha value is -0.550. The molecule has 1 heterocycles. The molecule has 0 aromatic carbocycles. The second kappa shape index (κ2) is 1.96. The summed E-state index contributed by atoms with van der Waals surface area (Å²) in [6, 6.07) is 2.41. The van der Waals surface area contributed by atoms with Crippen LogP contribution >= 0.6 is 0 Å². The van der Waals surface area contributed by atoms with Crippen molar-refractivity contribution in [2.75, 3.05) is 6.61 Å². The van der Waals surface area contributed by atoms with Crippen molar-refractivity contribution in [3.05, 3.63) is 0 Å². The average molecular weight is 137 g/mol. The van der Waals surface area contributed by atoms with E-state index in [9.17, 15) is 0 Å². The average Bonchev–Trinajstić information content (AvgIpc) is 2.62. The third-order valence-electron chi connectivity index (χ3n) is 2.57. The van der Waals surface area contributed by atoms with Crippen LogP contribution in [0.1, 0.15) is 25.7 Å². The van der Waals surface area contributed by atoms with Crippen molar-refractivity contribution in [1.29, 1.82) is 5.26 Å². The van der Waals surface area contributed by atoms with Crippen LogP contribution in [0.2, 0.25) is 0 Å². The lowest BCUT2D eigenvalue weighted by Gasteiger charge is -2.34. The molecule has 0 radical (unpaired) electrons. The van der Waals surface area contributed by atoms with Crippen LogP contribution in [0.25, 0.3) is 0 Å². The molecule has 10 heavy (non-hydrogen) atoms. The first-order chi connectivity index (χ1) is 4.85. The monoisotopic (exact) mass is 137 g/mol. The van der Waals surface area contributed by atoms with Gasteiger partial charge in [-0.3, -0.25) is 0 Å². The highest BCUT2D eigenvalue weighted by Crippen LogP contribution is 2.46. The van der Waals surface area contributed by atoms with Crippen LogP contribution in [-0.4, -0.2) is 12.7 Å². The number of epoxide rings is 1. The SMILES string of the molecule is N#CC1(C[C@@H]2CO2)CCC1. The molecule has 0 aromatic rings. The number of hydrogen-bond acceptors (Lipinski definition) is 2. The summed E-state index contributed by atoms with van der Waals surface area (Å²) < 4.78 is 5.09. The lowest BCUT2D eigenvalue weighted by molar-refractivity contribution is 0.176. The Morgan fingerprint density at radius 3 is 2.60 bits per heavy atom. The summed E-state index contributed by atoms with van der Waals surface area (Å²) in [6.07, 6.45) is 4.86. The van der Waals surface area contributed by atoms with E-state index >= 15 is 0 Å². The summed E-state index contributed by atoms with van der Waals surface area (Å²) in [5.74, 6) is 0. The summed E-state index contributed by atoms with van der Waals surface area (Å²) in [5.41, 5.74) is 0.0289. The highest BCUT2D eigenvalue weighted by atomic mass is 16.6. The molecule has 2 nitrogen and oxygen atoms in total. The Morgan fingerprint density at radius 1 is 1.60 bits per heavy atom. The van der Waals surface area contributed by atoms with Crippen LogP contribution in [0.15, 0.2) is 0 Å². The lowest BCUT2D eigenvalue weighted by atomic mass is 9.67. The Balaban J connectivity index is 1.92. The molecule has 1 saturated carbocycles. The fourth-order valence-electron chi connectivity index (χ4n) is 1.59. The zero-order chi connectivity index (χ0) is 7.03. The molecule has 0 bridgehead atoms. The zero-order valence-electron chi connectivity index (χ0n) is 5.97. The molecule has 0 amide bonds. The second-order valence-corrected chi connectivity index (χ2v) is 3.41. The zero-order valence-corrected chi connectivity index (χ0v) is 5.97. The largest absolute Gasteiger partial charge is 0.373 e. The topological polar surface area (TPSA) is 36.3 Å². The fraction of sp³-hybridized carbons (Fsp3) is 0.875. The van der Waals surface area contributed by atoms with Gasteiger partial charge in [-0.05, 0) is 19.3 Å². The molecule has 0 spiro atoms. The van der Waals surface area contributed by atoms with E-state index in [4.69, 9.17) is 10.00 Å². The first-order valence-electron chi connectivity index (χ1n) is 3.88. The van der Waals surface area contributed by atoms with E-state index in [1.807, 2.05) is 0 Å². The predicted molar refractivity (Wildman–Crippen MR) is 36.3 cm³/mol. The molecule has 2 heteroatoms. The third kappa shape index (κ3) is 0.911. The van der Waals surface area contributed by atoms with Gasteiger partial charge in [0.2, 0.25) is 0 Å². The summed E-state index contributed by atoms with van der Waals surface area (Å²) in [7, 11) is 0. The minimum atomic E-state index is 0.0289. The van der Waals surface area contributed by atoms with Crippen molar-refractivity contribution in [2.45, 2.75) is 31.8 Å². The van der Waals surface area contributed by atoms with Gasteiger partial charge >= 0.3 is 0 Å². The van der Waals surface area contributed by atoms with Gasteiger partial charge in [-0.15, -0.1) is 0 Å². The van der Waals surface area contributed by atoms with Crippen LogP contribution in [0.4, 0.5) is 0 Å². The Kier molecular flexibility index (Phi) is 1.21. The number of nitrogens with zero attached hydrogens (tertiary/aromatic N) is 1. The van der Waals surface area contributed by atoms with Crippen molar-refractivity contribution in [2.24, 2.45) is 5.41 Å². The van der Waals surface area contributed by atoms with E-state index in [1.54, 1.807) is 0 Å². The predicted octanol–water partition coefficient (Wildman–Crippen LogP) is 1.47. The van der Waals surface area contributed by atoms with Crippen molar-refractivity contribution in [1.82, 2.24) is 0 Å². The highest BCUT2D eigenvalue weighted by molar-refractivity contribution is 5.06. The van der Waals surface area contributed by atoms with Gasteiger partial charge in [-0.1, -0.05) is 6.42 Å². The maximum absolute atomic E-state index is 8.81. The van der Waals surface area contributed by atoms with Gasteiger partial charge in [-0.2, -0.15) is 5.26 Å². The number of hydrogen-bond donors (Lipinski definition) is 0. The van der Waals surface area contributed by atoms with Crippen molar-refractivity contribution < 1.29 is 4.74 Å². The maximum Gasteiger partial charge on any atom is 0.0825 e. The van der Waals surface area contributed by atoms with E-state index in [1.165, 1.54) is 6.42 Å². The normalized spacial score (nSPS) is 34.1. The molecule has 0 unspecified atom stereocenters. The first-order valence-corrected chi connectivity index (χ1v) is 3.88. The number of rotatable bonds is 2. The molecule has 0 N–H and O–H groups in total. The molecule has 1 aliphatic heterocycles. The molecular formula is C8H11NO. The summed E-state index contributed by atoms with van der Waals surface area (Å²) in [5, 5.41) is 8.81. The minimum absolute atomic E-state index is 0.0289. The quantitative estimate of drug-likeness (QED) is 0.540. The standard InChI is InChI=1S/C8H11NO/c9-6-8(2-1-3-8)4-7-5-10-7/h7H,1-5H2/t7-/m1/s1. The Bertz CT molecular complexity index is 174. The molecule has 0 aromatic heterocycles. The van der Waals surface area contributed by atoms with Crippen LogP contribution < -0.4 is 0 Å². The first kappa shape index (κ1) is 6.18. The van der Waals surface area contributed by atoms with Gasteiger partial charge in [0, 0.05) is 0 Å². The van der Waals surface area contributed by atoms with Gasteiger partial charge in [0.25, 0.3) is 0 Å². The lowest BCUT2D eigenvalue weighted by Crippen LogP contribution is -2.28. The molecular weight excluding hydrogens is 126 g/mol. The van der Waals surface area contributed by atoms with E-state index in [0.29, 0.717) is 6.10 Å². The molecule has 2 fully saturated rings. The molecule has 2 aliphatic rings. The van der Waals surface area contributed by atoms with Crippen molar-refractivity contribution >= 4 is 0 Å². The Morgan fingerprint density at radius 2 is 2.30 bits per heavy atom. The van der Waals surface area contributed by atoms with E-state index in [-0.39, 0.29) is 5.41 Å². The second-order valence-electron chi connectivity index (χ2n) is 3.41. The van der Waals surface area contributed by atoms with Crippen LogP contribution in [0.5, 0.6) is 0 Å². The highest BCUT2D eigenvalue weighted by Gasteiger charge is 2.42. The van der Waals surface area contributed by atoms with Crippen molar-refractivity contribution in [3.8, 4) is 6.07 Å². The third-order valence-corrected chi connectivity index (χ3v) is 2.57. The van der Waals surface area contributed by atoms with Gasteiger partial charge < -0.3 is 4.74 Å². The molecule has 1 aliphatic carbocycles. The van der Waals surface area contributed by atoms with Gasteiger partial charge in [0.1, 0.15) is 0 Å². The molecule has 1 saturated heterocycles. The summed E-state index contributed by atoms with van der Waals surface area (Å²) in [4.78, 5) is 0. The fourth-order valence-corrected chi connectivity index (χ4v) is 1.59. The molecule has 2 rings (SSSR count). The Labute approximate surface area is 60.8 Å². The van der Waals surface area contributed by atoms with Crippen molar-refractivity contribution in [3.63, 3.8) is 0 Å². The maximum atomic E-state index is 8.81. The van der Waals surface area contributed by atoms with Gasteiger partial charge in [0.05, 0.1) is 24.2 Å². The number of nitriles is 1. The van der Waals surface area contributed by atoms with Gasteiger partial charge in [-0.25, -0.2) is 0 Å². The van der Waals surface area contributed by atoms with Crippen LogP contribution in [0.3, 0.4) is 0 Å². The van der Waals surface area contributed by atoms with E-state index in [0.717, 1.165) is 25.9 Å².